The second-order valence-electron chi connectivity index (χ2n) is 14.2. The summed E-state index contributed by atoms with van der Waals surface area (Å²) in [6.45, 7) is 11.0. The molecule has 4 N–H and O–H groups in total. The van der Waals surface area contributed by atoms with Crippen LogP contribution in [0.3, 0.4) is 0 Å². The van der Waals surface area contributed by atoms with E-state index in [1.807, 2.05) is 41.5 Å². The maximum absolute atomic E-state index is 14.5. The quantitative estimate of drug-likeness (QED) is 0.137. The highest BCUT2D eigenvalue weighted by atomic mass is 19.4. The molecule has 0 aromatic heterocycles. The van der Waals surface area contributed by atoms with E-state index in [1.54, 1.807) is 60.7 Å². The molecule has 0 saturated heterocycles. The summed E-state index contributed by atoms with van der Waals surface area (Å²) in [7, 11) is 0. The Bertz CT molecular complexity index is 1860. The molecular formula is C40H38F6N2O2. The van der Waals surface area contributed by atoms with Crippen molar-refractivity contribution in [3.63, 3.8) is 0 Å². The third-order valence-electron chi connectivity index (χ3n) is 8.20. The maximum atomic E-state index is 14.5. The van der Waals surface area contributed by atoms with Crippen molar-refractivity contribution >= 4 is 11.4 Å². The van der Waals surface area contributed by atoms with Crippen molar-refractivity contribution in [1.82, 2.24) is 0 Å². The van der Waals surface area contributed by atoms with E-state index >= 15 is 0 Å². The lowest BCUT2D eigenvalue weighted by Crippen LogP contribution is -2.18. The van der Waals surface area contributed by atoms with Crippen LogP contribution in [0.15, 0.2) is 97.1 Å². The highest BCUT2D eigenvalue weighted by molar-refractivity contribution is 5.69. The molecule has 0 unspecified atom stereocenters. The summed E-state index contributed by atoms with van der Waals surface area (Å²) in [6.07, 6.45) is -9.52. The van der Waals surface area contributed by atoms with Gasteiger partial charge in [-0.05, 0) is 93.7 Å². The molecule has 0 saturated carbocycles. The van der Waals surface area contributed by atoms with Crippen LogP contribution >= 0.6 is 0 Å². The SMILES string of the molecule is CC(C)(C)c1cc(Oc2ccc(-c3ccc(N)cc3)cc2C(F)(F)F)c(C(C)(C)C)cc1Oc1ccc(-c2ccc(N)cc2)cc1C(F)(F)F. The van der Waals surface area contributed by atoms with Gasteiger partial charge in [-0.15, -0.1) is 0 Å². The van der Waals surface area contributed by atoms with Crippen molar-refractivity contribution in [2.24, 2.45) is 0 Å². The normalized spacial score (nSPS) is 12.6. The van der Waals surface area contributed by atoms with Gasteiger partial charge in [0.15, 0.2) is 0 Å². The van der Waals surface area contributed by atoms with E-state index in [2.05, 4.69) is 0 Å². The minimum Gasteiger partial charge on any atom is -0.456 e. The molecule has 0 amide bonds. The Hall–Kier alpha value is -5.12. The summed E-state index contributed by atoms with van der Waals surface area (Å²) in [4.78, 5) is 0. The topological polar surface area (TPSA) is 70.5 Å². The molecule has 0 aliphatic heterocycles. The molecule has 5 aromatic rings. The fourth-order valence-corrected chi connectivity index (χ4v) is 5.53. The summed E-state index contributed by atoms with van der Waals surface area (Å²) in [5.41, 5.74) is 11.6. The van der Waals surface area contributed by atoms with Gasteiger partial charge in [0, 0.05) is 22.5 Å². The van der Waals surface area contributed by atoms with E-state index < -0.39 is 45.8 Å². The molecule has 5 rings (SSSR count). The lowest BCUT2D eigenvalue weighted by molar-refractivity contribution is -0.139. The van der Waals surface area contributed by atoms with Crippen LogP contribution in [0.1, 0.15) is 63.8 Å². The van der Waals surface area contributed by atoms with Gasteiger partial charge in [0.2, 0.25) is 0 Å². The van der Waals surface area contributed by atoms with Crippen LogP contribution < -0.4 is 20.9 Å². The molecule has 262 valence electrons. The Morgan fingerprint density at radius 3 is 0.960 bits per heavy atom. The Kier molecular flexibility index (Phi) is 9.38. The molecule has 0 aliphatic rings. The Balaban J connectivity index is 1.63. The zero-order valence-electron chi connectivity index (χ0n) is 28.5. The van der Waals surface area contributed by atoms with Gasteiger partial charge in [-0.2, -0.15) is 26.3 Å². The van der Waals surface area contributed by atoms with Crippen molar-refractivity contribution < 1.29 is 35.8 Å². The Morgan fingerprint density at radius 1 is 0.380 bits per heavy atom. The first-order chi connectivity index (χ1) is 23.1. The number of benzene rings is 5. The Labute approximate surface area is 287 Å². The first-order valence-electron chi connectivity index (χ1n) is 15.8. The van der Waals surface area contributed by atoms with Gasteiger partial charge in [-0.1, -0.05) is 77.9 Å². The summed E-state index contributed by atoms with van der Waals surface area (Å²) < 4.78 is 99.2. The number of halogens is 6. The number of rotatable bonds is 6. The van der Waals surface area contributed by atoms with Gasteiger partial charge in [-0.25, -0.2) is 0 Å². The summed E-state index contributed by atoms with van der Waals surface area (Å²) in [5.74, 6) is -0.604. The minimum atomic E-state index is -4.76. The molecule has 0 heterocycles. The second-order valence-corrected chi connectivity index (χ2v) is 14.2. The highest BCUT2D eigenvalue weighted by Gasteiger charge is 2.38. The van der Waals surface area contributed by atoms with E-state index in [0.717, 1.165) is 12.1 Å². The highest BCUT2D eigenvalue weighted by Crippen LogP contribution is 2.48. The molecule has 5 aromatic carbocycles. The molecule has 4 nitrogen and oxygen atoms in total. The molecule has 50 heavy (non-hydrogen) atoms. The Morgan fingerprint density at radius 2 is 0.680 bits per heavy atom. The minimum absolute atomic E-state index is 0.121. The number of hydrogen-bond acceptors (Lipinski definition) is 4. The summed E-state index contributed by atoms with van der Waals surface area (Å²) in [6, 6.07) is 23.7. The summed E-state index contributed by atoms with van der Waals surface area (Å²) >= 11 is 0. The van der Waals surface area contributed by atoms with Crippen molar-refractivity contribution in [2.75, 3.05) is 11.5 Å². The lowest BCUT2D eigenvalue weighted by Gasteiger charge is -2.30. The third-order valence-corrected chi connectivity index (χ3v) is 8.20. The predicted molar refractivity (Wildman–Crippen MR) is 187 cm³/mol. The number of ether oxygens (including phenoxy) is 2. The van der Waals surface area contributed by atoms with Crippen LogP contribution in [0.4, 0.5) is 37.7 Å². The average Bonchev–Trinajstić information content (AvgIpc) is 3.00. The standard InChI is InChI=1S/C40H38F6N2O2/c1-37(2,3)29-21-36(50-34-18-12-26(20-32(34)40(44,45)46)24-9-15-28(48)16-10-24)30(38(4,5)6)22-35(29)49-33-17-11-25(19-31(33)39(41,42)43)23-7-13-27(47)14-8-23/h7-22H,47-48H2,1-6H3. The van der Waals surface area contributed by atoms with Crippen LogP contribution in [0, 0.1) is 0 Å². The summed E-state index contributed by atoms with van der Waals surface area (Å²) in [5, 5.41) is 0. The largest absolute Gasteiger partial charge is 0.456 e. The monoisotopic (exact) mass is 692 g/mol. The van der Waals surface area contributed by atoms with Gasteiger partial charge in [0.25, 0.3) is 0 Å². The third kappa shape index (κ3) is 8.01. The second kappa shape index (κ2) is 13.0. The molecule has 10 heteroatoms. The van der Waals surface area contributed by atoms with Crippen LogP contribution in [0.2, 0.25) is 0 Å². The number of nitrogen functional groups attached to an aromatic ring is 2. The van der Waals surface area contributed by atoms with Crippen molar-refractivity contribution in [3.05, 3.63) is 119 Å². The zero-order valence-corrected chi connectivity index (χ0v) is 28.5. The van der Waals surface area contributed by atoms with Gasteiger partial charge in [0.1, 0.15) is 23.0 Å². The molecule has 0 bridgehead atoms. The van der Waals surface area contributed by atoms with Crippen LogP contribution in [0.5, 0.6) is 23.0 Å². The smallest absolute Gasteiger partial charge is 0.420 e. The molecule has 0 radical (unpaired) electrons. The maximum Gasteiger partial charge on any atom is 0.420 e. The average molecular weight is 693 g/mol. The number of alkyl halides is 6. The van der Waals surface area contributed by atoms with Gasteiger partial charge in [0.05, 0.1) is 11.1 Å². The predicted octanol–water partition coefficient (Wildman–Crippen LogP) is 12.4. The lowest BCUT2D eigenvalue weighted by atomic mass is 9.80. The van der Waals surface area contributed by atoms with E-state index in [0.29, 0.717) is 44.8 Å². The number of hydrogen-bond donors (Lipinski definition) is 2. The number of anilines is 2. The molecule has 0 fully saturated rings. The van der Waals surface area contributed by atoms with Gasteiger partial charge in [-0.3, -0.25) is 0 Å². The fourth-order valence-electron chi connectivity index (χ4n) is 5.53. The first kappa shape index (κ1) is 36.2. The van der Waals surface area contributed by atoms with Crippen LogP contribution in [-0.2, 0) is 23.2 Å². The first-order valence-corrected chi connectivity index (χ1v) is 15.8. The van der Waals surface area contributed by atoms with Crippen molar-refractivity contribution in [1.29, 1.82) is 0 Å². The van der Waals surface area contributed by atoms with Gasteiger partial charge >= 0.3 is 12.4 Å². The van der Waals surface area contributed by atoms with E-state index in [9.17, 15) is 26.3 Å². The zero-order chi connectivity index (χ0) is 36.8. The molecule has 0 spiro atoms. The van der Waals surface area contributed by atoms with Crippen LogP contribution in [0.25, 0.3) is 22.3 Å². The fraction of sp³-hybridized carbons (Fsp3) is 0.250. The number of nitrogens with two attached hydrogens (primary N) is 2. The van der Waals surface area contributed by atoms with Gasteiger partial charge < -0.3 is 20.9 Å². The van der Waals surface area contributed by atoms with E-state index in [4.69, 9.17) is 20.9 Å². The van der Waals surface area contributed by atoms with Crippen molar-refractivity contribution in [2.45, 2.75) is 64.7 Å². The molecule has 0 atom stereocenters. The molecule has 0 aliphatic carbocycles. The molecular weight excluding hydrogens is 654 g/mol. The van der Waals surface area contributed by atoms with Crippen molar-refractivity contribution in [3.8, 4) is 45.3 Å². The van der Waals surface area contributed by atoms with E-state index in [-0.39, 0.29) is 11.5 Å². The van der Waals surface area contributed by atoms with E-state index in [1.165, 1.54) is 24.3 Å². The van der Waals surface area contributed by atoms with Crippen LogP contribution in [-0.4, -0.2) is 0 Å².